The maximum absolute atomic E-state index is 12.5. The van der Waals surface area contributed by atoms with Crippen molar-refractivity contribution in [2.45, 2.75) is 25.5 Å². The Morgan fingerprint density at radius 2 is 1.96 bits per heavy atom. The van der Waals surface area contributed by atoms with Gasteiger partial charge in [0.2, 0.25) is 0 Å². The van der Waals surface area contributed by atoms with E-state index in [-0.39, 0.29) is 5.91 Å². The number of hydrogen-bond acceptors (Lipinski definition) is 3. The molecule has 3 aromatic rings. The zero-order valence-electron chi connectivity index (χ0n) is 14.2. The van der Waals surface area contributed by atoms with Crippen LogP contribution >= 0.6 is 11.8 Å². The number of benzene rings is 2. The third-order valence-corrected chi connectivity index (χ3v) is 5.17. The van der Waals surface area contributed by atoms with Gasteiger partial charge in [0.15, 0.2) is 5.16 Å². The fourth-order valence-corrected chi connectivity index (χ4v) is 4.06. The molecule has 126 valence electrons. The number of anilines is 1. The van der Waals surface area contributed by atoms with Crippen molar-refractivity contribution in [1.82, 2.24) is 9.55 Å². The summed E-state index contributed by atoms with van der Waals surface area (Å²) >= 11 is 1.78. The topological polar surface area (TPSA) is 46.9 Å². The van der Waals surface area contributed by atoms with Crippen molar-refractivity contribution in [3.63, 3.8) is 0 Å². The van der Waals surface area contributed by atoms with Crippen LogP contribution in [0.3, 0.4) is 0 Å². The first-order valence-corrected chi connectivity index (χ1v) is 9.27. The number of rotatable bonds is 3. The highest BCUT2D eigenvalue weighted by Gasteiger charge is 2.15. The molecule has 1 aliphatic heterocycles. The highest BCUT2D eigenvalue weighted by atomic mass is 32.2. The van der Waals surface area contributed by atoms with E-state index < -0.39 is 0 Å². The monoisotopic (exact) mass is 349 g/mol. The predicted octanol–water partition coefficient (Wildman–Crippen LogP) is 4.52. The molecule has 0 saturated carbocycles. The van der Waals surface area contributed by atoms with Crippen LogP contribution in [0.1, 0.15) is 21.5 Å². The minimum absolute atomic E-state index is 0.0909. The lowest BCUT2D eigenvalue weighted by Gasteiger charge is -2.08. The molecule has 1 N–H and O–H groups in total. The molecule has 0 atom stereocenters. The Bertz CT molecular complexity index is 920. The van der Waals surface area contributed by atoms with E-state index in [4.69, 9.17) is 0 Å². The molecule has 1 aliphatic rings. The van der Waals surface area contributed by atoms with E-state index in [1.54, 1.807) is 11.8 Å². The predicted molar refractivity (Wildman–Crippen MR) is 102 cm³/mol. The number of thioether (sulfide) groups is 1. The third kappa shape index (κ3) is 3.33. The SMILES string of the molecule is Cc1cc(C)cc(C(=O)Nc2cccc(-c3cn4c(n3)SCC4)c2)c1. The first-order chi connectivity index (χ1) is 12.1. The zero-order valence-corrected chi connectivity index (χ0v) is 15.1. The highest BCUT2D eigenvalue weighted by molar-refractivity contribution is 7.99. The second kappa shape index (κ2) is 6.41. The van der Waals surface area contributed by atoms with Gasteiger partial charge in [-0.1, -0.05) is 41.1 Å². The maximum Gasteiger partial charge on any atom is 0.255 e. The van der Waals surface area contributed by atoms with Crippen LogP contribution in [0.2, 0.25) is 0 Å². The normalized spacial score (nSPS) is 12.9. The molecule has 0 unspecified atom stereocenters. The van der Waals surface area contributed by atoms with Crippen molar-refractivity contribution >= 4 is 23.4 Å². The minimum atomic E-state index is -0.0909. The van der Waals surface area contributed by atoms with Gasteiger partial charge in [0.25, 0.3) is 5.91 Å². The summed E-state index contributed by atoms with van der Waals surface area (Å²) in [6.07, 6.45) is 2.08. The molecule has 0 fully saturated rings. The van der Waals surface area contributed by atoms with Crippen LogP contribution in [-0.2, 0) is 6.54 Å². The molecule has 0 saturated heterocycles. The summed E-state index contributed by atoms with van der Waals surface area (Å²) in [5.74, 6) is 1.00. The minimum Gasteiger partial charge on any atom is -0.325 e. The Kier molecular flexibility index (Phi) is 4.09. The average molecular weight is 349 g/mol. The summed E-state index contributed by atoms with van der Waals surface area (Å²) in [4.78, 5) is 17.2. The van der Waals surface area contributed by atoms with Gasteiger partial charge < -0.3 is 9.88 Å². The summed E-state index contributed by atoms with van der Waals surface area (Å²) in [5, 5.41) is 4.06. The van der Waals surface area contributed by atoms with Gasteiger partial charge in [-0.15, -0.1) is 0 Å². The molecule has 5 heteroatoms. The lowest BCUT2D eigenvalue weighted by molar-refractivity contribution is 0.102. The van der Waals surface area contributed by atoms with E-state index in [0.29, 0.717) is 5.56 Å². The number of fused-ring (bicyclic) bond motifs is 1. The first-order valence-electron chi connectivity index (χ1n) is 8.28. The molecule has 0 spiro atoms. The van der Waals surface area contributed by atoms with Gasteiger partial charge in [0.1, 0.15) is 0 Å². The molecule has 2 heterocycles. The summed E-state index contributed by atoms with van der Waals surface area (Å²) in [5.41, 5.74) is 5.60. The van der Waals surface area contributed by atoms with Crippen LogP contribution < -0.4 is 5.32 Å². The molecular weight excluding hydrogens is 330 g/mol. The second-order valence-corrected chi connectivity index (χ2v) is 7.42. The number of carbonyl (C=O) groups is 1. The smallest absolute Gasteiger partial charge is 0.255 e. The second-order valence-electron chi connectivity index (χ2n) is 6.36. The van der Waals surface area contributed by atoms with E-state index in [1.807, 2.05) is 50.2 Å². The Hall–Kier alpha value is -2.53. The van der Waals surface area contributed by atoms with Gasteiger partial charge in [-0.25, -0.2) is 4.98 Å². The summed E-state index contributed by atoms with van der Waals surface area (Å²) < 4.78 is 2.18. The standard InChI is InChI=1S/C20H19N3OS/c1-13-8-14(2)10-16(9-13)19(24)21-17-5-3-4-15(11-17)18-12-23-6-7-25-20(23)22-18/h3-5,8-12H,6-7H2,1-2H3,(H,21,24). The van der Waals surface area contributed by atoms with Gasteiger partial charge in [0.05, 0.1) is 5.69 Å². The van der Waals surface area contributed by atoms with Crippen molar-refractivity contribution in [2.24, 2.45) is 0 Å². The zero-order chi connectivity index (χ0) is 17.4. The van der Waals surface area contributed by atoms with Crippen molar-refractivity contribution in [3.8, 4) is 11.3 Å². The van der Waals surface area contributed by atoms with Gasteiger partial charge in [-0.05, 0) is 38.1 Å². The number of aryl methyl sites for hydroxylation is 3. The number of imidazole rings is 1. The van der Waals surface area contributed by atoms with E-state index in [2.05, 4.69) is 27.1 Å². The lowest BCUT2D eigenvalue weighted by atomic mass is 10.1. The van der Waals surface area contributed by atoms with Crippen molar-refractivity contribution in [1.29, 1.82) is 0 Å². The Morgan fingerprint density at radius 1 is 1.16 bits per heavy atom. The molecule has 1 amide bonds. The molecule has 4 nitrogen and oxygen atoms in total. The average Bonchev–Trinajstić information content (AvgIpc) is 3.16. The molecule has 1 aromatic heterocycles. The molecule has 0 bridgehead atoms. The summed E-state index contributed by atoms with van der Waals surface area (Å²) in [7, 11) is 0. The van der Waals surface area contributed by atoms with Crippen LogP contribution in [0.5, 0.6) is 0 Å². The van der Waals surface area contributed by atoms with Crippen molar-refractivity contribution < 1.29 is 4.79 Å². The Balaban J connectivity index is 1.57. The third-order valence-electron chi connectivity index (χ3n) is 4.20. The first kappa shape index (κ1) is 16.0. The summed E-state index contributed by atoms with van der Waals surface area (Å²) in [6.45, 7) is 5.01. The number of aromatic nitrogens is 2. The molecule has 2 aromatic carbocycles. The van der Waals surface area contributed by atoms with E-state index in [9.17, 15) is 4.79 Å². The van der Waals surface area contributed by atoms with Gasteiger partial charge in [-0.2, -0.15) is 0 Å². The van der Waals surface area contributed by atoms with Crippen LogP contribution in [0.25, 0.3) is 11.3 Å². The van der Waals surface area contributed by atoms with Gasteiger partial charge >= 0.3 is 0 Å². The Labute approximate surface area is 151 Å². The molecule has 0 aliphatic carbocycles. The number of nitrogens with one attached hydrogen (secondary N) is 1. The summed E-state index contributed by atoms with van der Waals surface area (Å²) in [6, 6.07) is 13.7. The quantitative estimate of drug-likeness (QED) is 0.756. The molecule has 25 heavy (non-hydrogen) atoms. The fourth-order valence-electron chi connectivity index (χ4n) is 3.11. The lowest BCUT2D eigenvalue weighted by Crippen LogP contribution is -2.12. The van der Waals surface area contributed by atoms with E-state index >= 15 is 0 Å². The number of nitrogens with zero attached hydrogens (tertiary/aromatic N) is 2. The Morgan fingerprint density at radius 3 is 2.72 bits per heavy atom. The van der Waals surface area contributed by atoms with Gasteiger partial charge in [-0.3, -0.25) is 4.79 Å². The number of carbonyl (C=O) groups excluding carboxylic acids is 1. The molecular formula is C20H19N3OS. The number of hydrogen-bond donors (Lipinski definition) is 1. The van der Waals surface area contributed by atoms with Crippen LogP contribution in [0.4, 0.5) is 5.69 Å². The van der Waals surface area contributed by atoms with Crippen molar-refractivity contribution in [2.75, 3.05) is 11.1 Å². The molecule has 0 radical (unpaired) electrons. The van der Waals surface area contributed by atoms with Crippen molar-refractivity contribution in [3.05, 3.63) is 65.4 Å². The fraction of sp³-hybridized carbons (Fsp3) is 0.200. The molecule has 4 rings (SSSR count). The van der Waals surface area contributed by atoms with E-state index in [0.717, 1.165) is 45.5 Å². The van der Waals surface area contributed by atoms with Crippen LogP contribution in [-0.4, -0.2) is 21.2 Å². The highest BCUT2D eigenvalue weighted by Crippen LogP contribution is 2.30. The van der Waals surface area contributed by atoms with Crippen LogP contribution in [0, 0.1) is 13.8 Å². The number of amides is 1. The maximum atomic E-state index is 12.5. The van der Waals surface area contributed by atoms with Crippen LogP contribution in [0.15, 0.2) is 53.8 Å². The largest absolute Gasteiger partial charge is 0.325 e. The van der Waals surface area contributed by atoms with Gasteiger partial charge in [0, 0.05) is 35.3 Å². The van der Waals surface area contributed by atoms with E-state index in [1.165, 1.54) is 0 Å².